The number of aryl methyl sites for hydroxylation is 1. The molecule has 0 fully saturated rings. The van der Waals surface area contributed by atoms with E-state index in [4.69, 9.17) is 9.47 Å². The van der Waals surface area contributed by atoms with Gasteiger partial charge in [0.25, 0.3) is 10.1 Å². The van der Waals surface area contributed by atoms with E-state index in [1.807, 2.05) is 24.3 Å². The lowest BCUT2D eigenvalue weighted by molar-refractivity contribution is -0.440. The first-order chi connectivity index (χ1) is 24.6. The van der Waals surface area contributed by atoms with Crippen LogP contribution in [0.1, 0.15) is 63.1 Å². The van der Waals surface area contributed by atoms with Gasteiger partial charge in [-0.15, -0.1) is 0 Å². The molecule has 0 aliphatic heterocycles. The van der Waals surface area contributed by atoms with Crippen LogP contribution in [0.3, 0.4) is 0 Å². The Morgan fingerprint density at radius 1 is 0.804 bits per heavy atom. The molecule has 0 radical (unpaired) electrons. The van der Waals surface area contributed by atoms with E-state index >= 15 is 0 Å². The monoisotopic (exact) mass is 705 g/mol. The van der Waals surface area contributed by atoms with Crippen molar-refractivity contribution in [3.8, 4) is 11.5 Å². The molecule has 4 aromatic carbocycles. The number of rotatable bonds is 14. The fourth-order valence-corrected chi connectivity index (χ4v) is 7.24. The summed E-state index contributed by atoms with van der Waals surface area (Å²) < 4.78 is 49.0. The van der Waals surface area contributed by atoms with Crippen molar-refractivity contribution < 1.29 is 27.0 Å². The molecule has 8 heteroatoms. The van der Waals surface area contributed by atoms with Crippen LogP contribution in [-0.2, 0) is 10.1 Å². The summed E-state index contributed by atoms with van der Waals surface area (Å²) in [6.45, 7) is 10.2. The lowest BCUT2D eigenvalue weighted by Crippen LogP contribution is -2.20. The Kier molecular flexibility index (Phi) is 12.3. The molecular weight excluding hydrogens is 657 g/mol. The minimum atomic E-state index is -4.52. The van der Waals surface area contributed by atoms with Crippen molar-refractivity contribution in [3.63, 3.8) is 0 Å². The van der Waals surface area contributed by atoms with Gasteiger partial charge in [-0.1, -0.05) is 51.0 Å². The highest BCUT2D eigenvalue weighted by atomic mass is 32.2. The molecule has 0 saturated carbocycles. The molecule has 7 nitrogen and oxygen atoms in total. The first-order valence-electron chi connectivity index (χ1n) is 17.6. The number of hydrogen-bond donors (Lipinski definition) is 1. The molecule has 1 aliphatic rings. The van der Waals surface area contributed by atoms with Crippen molar-refractivity contribution in [2.75, 3.05) is 32.2 Å². The first kappa shape index (κ1) is 37.3. The molecule has 1 aliphatic carbocycles. The van der Waals surface area contributed by atoms with Crippen LogP contribution in [-0.4, -0.2) is 50.6 Å². The summed E-state index contributed by atoms with van der Waals surface area (Å²) >= 11 is 0. The lowest BCUT2D eigenvalue weighted by atomic mass is 9.88. The van der Waals surface area contributed by atoms with Crippen LogP contribution in [0.4, 0.5) is 17.1 Å². The predicted molar refractivity (Wildman–Crippen MR) is 209 cm³/mol. The minimum absolute atomic E-state index is 0.130. The highest BCUT2D eigenvalue weighted by molar-refractivity contribution is 7.86. The van der Waals surface area contributed by atoms with Crippen molar-refractivity contribution in [1.82, 2.24) is 0 Å². The van der Waals surface area contributed by atoms with Gasteiger partial charge in [-0.2, -0.15) is 13.0 Å². The summed E-state index contributed by atoms with van der Waals surface area (Å²) in [6.07, 6.45) is 10.4. The van der Waals surface area contributed by atoms with E-state index in [0.717, 1.165) is 101 Å². The van der Waals surface area contributed by atoms with Crippen molar-refractivity contribution in [2.24, 2.45) is 0 Å². The van der Waals surface area contributed by atoms with Gasteiger partial charge >= 0.3 is 0 Å². The zero-order valence-electron chi connectivity index (χ0n) is 30.5. The van der Waals surface area contributed by atoms with Crippen molar-refractivity contribution in [2.45, 2.75) is 58.3 Å². The van der Waals surface area contributed by atoms with Crippen molar-refractivity contribution in [1.29, 1.82) is 0 Å². The minimum Gasteiger partial charge on any atom is -0.497 e. The normalized spacial score (nSPS) is 14.9. The maximum absolute atomic E-state index is 12.8. The molecule has 4 aromatic rings. The molecule has 0 atom stereocenters. The lowest BCUT2D eigenvalue weighted by Gasteiger charge is -2.27. The molecule has 0 spiro atoms. The van der Waals surface area contributed by atoms with E-state index in [9.17, 15) is 13.0 Å². The Labute approximate surface area is 303 Å². The SMILES string of the molecule is CCCCN(c1ccc(OC)cc1)c1ccc(/C(=C2\C=CC(=[N+](CCCC)c3ccc(OC)cc3)C(C)=C2)c2ccccc2S(=O)(=O)O)cc1C. The van der Waals surface area contributed by atoms with Crippen molar-refractivity contribution >= 4 is 38.5 Å². The Balaban J connectivity index is 1.69. The summed E-state index contributed by atoms with van der Waals surface area (Å²) in [5, 5.41) is 0. The molecule has 0 amide bonds. The van der Waals surface area contributed by atoms with Gasteiger partial charge in [0.2, 0.25) is 11.4 Å². The average Bonchev–Trinajstić information content (AvgIpc) is 3.13. The topological polar surface area (TPSA) is 79.1 Å². The number of nitrogens with zero attached hydrogens (tertiary/aromatic N) is 2. The highest BCUT2D eigenvalue weighted by Crippen LogP contribution is 2.38. The van der Waals surface area contributed by atoms with E-state index in [2.05, 4.69) is 97.9 Å². The van der Waals surface area contributed by atoms with E-state index < -0.39 is 10.1 Å². The van der Waals surface area contributed by atoms with Gasteiger partial charge in [-0.25, -0.2) is 0 Å². The van der Waals surface area contributed by atoms with Gasteiger partial charge in [0.1, 0.15) is 22.9 Å². The Morgan fingerprint density at radius 3 is 2.04 bits per heavy atom. The summed E-state index contributed by atoms with van der Waals surface area (Å²) in [6, 6.07) is 29.1. The average molecular weight is 706 g/mol. The Hall–Kier alpha value is -4.92. The molecule has 266 valence electrons. The molecule has 0 aromatic heterocycles. The van der Waals surface area contributed by atoms with Gasteiger partial charge in [0, 0.05) is 53.7 Å². The van der Waals surface area contributed by atoms with Crippen LogP contribution in [0.5, 0.6) is 11.5 Å². The zero-order valence-corrected chi connectivity index (χ0v) is 31.3. The smallest absolute Gasteiger partial charge is 0.295 e. The predicted octanol–water partition coefficient (Wildman–Crippen LogP) is 10.1. The number of ether oxygens (including phenoxy) is 2. The zero-order chi connectivity index (χ0) is 36.5. The highest BCUT2D eigenvalue weighted by Gasteiger charge is 2.25. The van der Waals surface area contributed by atoms with E-state index in [1.54, 1.807) is 32.4 Å². The van der Waals surface area contributed by atoms with Crippen LogP contribution in [0.25, 0.3) is 5.57 Å². The summed E-state index contributed by atoms with van der Waals surface area (Å²) in [5.41, 5.74) is 9.21. The van der Waals surface area contributed by atoms with Crippen LogP contribution < -0.4 is 14.4 Å². The number of hydrogen-bond acceptors (Lipinski definition) is 5. The third-order valence-electron chi connectivity index (χ3n) is 9.23. The Morgan fingerprint density at radius 2 is 1.45 bits per heavy atom. The van der Waals surface area contributed by atoms with Gasteiger partial charge in [-0.3, -0.25) is 4.55 Å². The van der Waals surface area contributed by atoms with E-state index in [-0.39, 0.29) is 4.90 Å². The number of methoxy groups -OCH3 is 2. The second kappa shape index (κ2) is 16.9. The summed E-state index contributed by atoms with van der Waals surface area (Å²) in [4.78, 5) is 2.19. The van der Waals surface area contributed by atoms with Crippen molar-refractivity contribution in [3.05, 3.63) is 137 Å². The first-order valence-corrected chi connectivity index (χ1v) is 19.0. The van der Waals surface area contributed by atoms with Gasteiger partial charge < -0.3 is 14.4 Å². The second-order valence-electron chi connectivity index (χ2n) is 12.8. The van der Waals surface area contributed by atoms with Crippen LogP contribution in [0.15, 0.2) is 125 Å². The molecular formula is C43H49N2O5S+. The number of allylic oxidation sites excluding steroid dienone is 5. The fourth-order valence-electron chi connectivity index (χ4n) is 6.54. The summed E-state index contributed by atoms with van der Waals surface area (Å²) in [7, 11) is -1.19. The van der Waals surface area contributed by atoms with E-state index in [1.165, 1.54) is 6.07 Å². The molecule has 0 saturated heterocycles. The number of anilines is 2. The van der Waals surface area contributed by atoms with E-state index in [0.29, 0.717) is 5.56 Å². The third-order valence-corrected chi connectivity index (χ3v) is 10.1. The van der Waals surface area contributed by atoms with Gasteiger partial charge in [-0.05, 0) is 109 Å². The molecule has 0 bridgehead atoms. The van der Waals surface area contributed by atoms with Gasteiger partial charge in [0.15, 0.2) is 0 Å². The number of unbranched alkanes of at least 4 members (excludes halogenated alkanes) is 2. The van der Waals surface area contributed by atoms with Crippen LogP contribution in [0.2, 0.25) is 0 Å². The largest absolute Gasteiger partial charge is 0.497 e. The number of benzene rings is 4. The molecule has 51 heavy (non-hydrogen) atoms. The fraction of sp³-hybridized carbons (Fsp3) is 0.279. The molecule has 0 heterocycles. The van der Waals surface area contributed by atoms with Gasteiger partial charge in [0.05, 0.1) is 14.2 Å². The van der Waals surface area contributed by atoms with Crippen LogP contribution in [0, 0.1) is 6.92 Å². The molecule has 0 unspecified atom stereocenters. The second-order valence-corrected chi connectivity index (χ2v) is 14.1. The third kappa shape index (κ3) is 8.70. The maximum Gasteiger partial charge on any atom is 0.295 e. The quantitative estimate of drug-likeness (QED) is 0.104. The summed E-state index contributed by atoms with van der Waals surface area (Å²) in [5.74, 6) is 1.61. The molecule has 5 rings (SSSR count). The standard InChI is InChI=1S/C43H48N2O5S/c1-7-9-27-44(35-17-21-37(49-5)22-18-35)40-25-15-33(29-31(40)3)43(39-13-11-12-14-42(39)51(46,47)48)34-16-26-41(32(4)30-34)45(28-10-8-2)36-19-23-38(50-6)24-20-36/h11-26,29-30H,7-10,27-28H2,1-6H3/p+1. The molecule has 1 N–H and O–H groups in total. The maximum atomic E-state index is 12.8. The Bertz CT molecular complexity index is 2080. The van der Waals surface area contributed by atoms with Crippen LogP contribution >= 0.6 is 0 Å².